The van der Waals surface area contributed by atoms with E-state index in [0.717, 1.165) is 23.5 Å². The highest BCUT2D eigenvalue weighted by molar-refractivity contribution is 6.30. The second kappa shape index (κ2) is 9.34. The Morgan fingerprint density at radius 3 is 2.68 bits per heavy atom. The van der Waals surface area contributed by atoms with Crippen molar-refractivity contribution in [3.8, 4) is 0 Å². The molecule has 0 radical (unpaired) electrons. The van der Waals surface area contributed by atoms with Gasteiger partial charge in [0.1, 0.15) is 0 Å². The standard InChI is InChI=1S/C23H29ClN6O/c1-14(2)12-19(23-29-27-20-6-4-5-11-30(20)23)25-21(31)13-18-15(3)26-28-22(18)16-7-9-17(24)10-8-16/h4-11,14-15,18-19,22,26,28H,12-13H2,1-3H3,(H,25,31)/t15?,18?,19-,22?/m0/s1. The summed E-state index contributed by atoms with van der Waals surface area (Å²) in [5.41, 5.74) is 8.51. The third-order valence-corrected chi connectivity index (χ3v) is 6.13. The number of nitrogens with one attached hydrogen (secondary N) is 3. The van der Waals surface area contributed by atoms with E-state index in [0.29, 0.717) is 17.4 Å². The fourth-order valence-electron chi connectivity index (χ4n) is 4.28. The molecule has 2 aromatic heterocycles. The molecule has 31 heavy (non-hydrogen) atoms. The highest BCUT2D eigenvalue weighted by Gasteiger charge is 2.36. The van der Waals surface area contributed by atoms with Crippen molar-refractivity contribution >= 4 is 23.2 Å². The van der Waals surface area contributed by atoms with Crippen molar-refractivity contribution in [2.45, 2.75) is 51.7 Å². The Kier molecular flexibility index (Phi) is 6.55. The fraction of sp³-hybridized carbons (Fsp3) is 0.435. The lowest BCUT2D eigenvalue weighted by Gasteiger charge is -2.24. The molecule has 0 spiro atoms. The summed E-state index contributed by atoms with van der Waals surface area (Å²) < 4.78 is 1.95. The van der Waals surface area contributed by atoms with E-state index >= 15 is 0 Å². The number of hydrogen-bond donors (Lipinski definition) is 3. The molecule has 7 nitrogen and oxygen atoms in total. The van der Waals surface area contributed by atoms with Crippen LogP contribution in [0.25, 0.3) is 5.65 Å². The van der Waals surface area contributed by atoms with Crippen molar-refractivity contribution in [3.63, 3.8) is 0 Å². The van der Waals surface area contributed by atoms with Crippen molar-refractivity contribution in [2.24, 2.45) is 11.8 Å². The average molecular weight is 441 g/mol. The Hall–Kier alpha value is -2.48. The maximum atomic E-state index is 13.2. The summed E-state index contributed by atoms with van der Waals surface area (Å²) in [6.07, 6.45) is 3.13. The lowest BCUT2D eigenvalue weighted by Crippen LogP contribution is -2.34. The smallest absolute Gasteiger partial charge is 0.220 e. The molecule has 4 rings (SSSR count). The van der Waals surface area contributed by atoms with Crippen LogP contribution in [0.1, 0.15) is 57.1 Å². The first-order valence-corrected chi connectivity index (χ1v) is 11.2. The Balaban J connectivity index is 1.51. The van der Waals surface area contributed by atoms with Crippen molar-refractivity contribution in [1.29, 1.82) is 0 Å². The molecule has 8 heteroatoms. The largest absolute Gasteiger partial charge is 0.346 e. The van der Waals surface area contributed by atoms with Crippen molar-refractivity contribution < 1.29 is 4.79 Å². The molecule has 4 atom stereocenters. The first kappa shape index (κ1) is 21.7. The van der Waals surface area contributed by atoms with Crippen LogP contribution in [0.3, 0.4) is 0 Å². The lowest BCUT2D eigenvalue weighted by molar-refractivity contribution is -0.123. The number of nitrogens with zero attached hydrogens (tertiary/aromatic N) is 3. The van der Waals surface area contributed by atoms with Crippen LogP contribution in [-0.4, -0.2) is 26.5 Å². The maximum absolute atomic E-state index is 13.2. The van der Waals surface area contributed by atoms with E-state index in [1.807, 2.05) is 53.1 Å². The second-order valence-electron chi connectivity index (χ2n) is 8.71. The second-order valence-corrected chi connectivity index (χ2v) is 9.15. The van der Waals surface area contributed by atoms with E-state index in [4.69, 9.17) is 11.6 Å². The minimum Gasteiger partial charge on any atom is -0.346 e. The lowest BCUT2D eigenvalue weighted by atomic mass is 9.87. The number of carbonyl (C=O) groups is 1. The fourth-order valence-corrected chi connectivity index (χ4v) is 4.41. The van der Waals surface area contributed by atoms with Crippen LogP contribution < -0.4 is 16.2 Å². The number of hydrogen-bond acceptors (Lipinski definition) is 5. The number of hydrazine groups is 1. The van der Waals surface area contributed by atoms with E-state index in [9.17, 15) is 4.79 Å². The molecule has 1 aliphatic rings. The third kappa shape index (κ3) is 4.89. The molecule has 3 unspecified atom stereocenters. The van der Waals surface area contributed by atoms with Gasteiger partial charge in [-0.15, -0.1) is 10.2 Å². The number of benzene rings is 1. The summed E-state index contributed by atoms with van der Waals surface area (Å²) in [7, 11) is 0. The molecule has 3 N–H and O–H groups in total. The van der Waals surface area contributed by atoms with Crippen LogP contribution in [0.4, 0.5) is 0 Å². The Morgan fingerprint density at radius 1 is 1.16 bits per heavy atom. The highest BCUT2D eigenvalue weighted by Crippen LogP contribution is 2.32. The normalized spacial score (nSPS) is 22.2. The van der Waals surface area contributed by atoms with Crippen LogP contribution in [0.5, 0.6) is 0 Å². The Bertz CT molecular complexity index is 1030. The van der Waals surface area contributed by atoms with Gasteiger partial charge in [-0.05, 0) is 49.1 Å². The minimum absolute atomic E-state index is 0.0136. The summed E-state index contributed by atoms with van der Waals surface area (Å²) in [5, 5.41) is 12.6. The summed E-state index contributed by atoms with van der Waals surface area (Å²) >= 11 is 6.04. The highest BCUT2D eigenvalue weighted by atomic mass is 35.5. The molecule has 3 heterocycles. The van der Waals surface area contributed by atoms with Crippen LogP contribution >= 0.6 is 11.6 Å². The summed E-state index contributed by atoms with van der Waals surface area (Å²) in [4.78, 5) is 13.2. The van der Waals surface area contributed by atoms with Gasteiger partial charge in [-0.25, -0.2) is 5.43 Å². The summed E-state index contributed by atoms with van der Waals surface area (Å²) in [5.74, 6) is 1.29. The zero-order valence-corrected chi connectivity index (χ0v) is 18.8. The van der Waals surface area contributed by atoms with E-state index in [2.05, 4.69) is 47.1 Å². The maximum Gasteiger partial charge on any atom is 0.220 e. The number of rotatable bonds is 7. The first-order valence-electron chi connectivity index (χ1n) is 10.8. The predicted octanol–water partition coefficient (Wildman–Crippen LogP) is 3.83. The molecular formula is C23H29ClN6O. The van der Waals surface area contributed by atoms with E-state index in [1.54, 1.807) is 0 Å². The zero-order valence-electron chi connectivity index (χ0n) is 18.0. The van der Waals surface area contributed by atoms with Crippen molar-refractivity contribution in [2.75, 3.05) is 0 Å². The SMILES string of the molecule is CC(C)C[C@H](NC(=O)CC1C(C)NNC1c1ccc(Cl)cc1)c1nnc2ccccn12. The summed E-state index contributed by atoms with van der Waals surface area (Å²) in [6.45, 7) is 6.39. The number of carbonyl (C=O) groups excluding carboxylic acids is 1. The quantitative estimate of drug-likeness (QED) is 0.520. The molecule has 0 saturated carbocycles. The number of fused-ring (bicyclic) bond motifs is 1. The molecule has 164 valence electrons. The van der Waals surface area contributed by atoms with Gasteiger partial charge in [-0.2, -0.15) is 0 Å². The van der Waals surface area contributed by atoms with Gasteiger partial charge in [0.15, 0.2) is 11.5 Å². The molecule has 1 aromatic carbocycles. The number of aromatic nitrogens is 3. The van der Waals surface area contributed by atoms with Gasteiger partial charge in [0.2, 0.25) is 5.91 Å². The monoisotopic (exact) mass is 440 g/mol. The zero-order chi connectivity index (χ0) is 22.0. The van der Waals surface area contributed by atoms with Gasteiger partial charge in [-0.1, -0.05) is 43.6 Å². The van der Waals surface area contributed by atoms with Gasteiger partial charge in [0, 0.05) is 29.6 Å². The number of amides is 1. The van der Waals surface area contributed by atoms with Gasteiger partial charge in [0.05, 0.1) is 12.1 Å². The van der Waals surface area contributed by atoms with Gasteiger partial charge in [0.25, 0.3) is 0 Å². The van der Waals surface area contributed by atoms with Crippen LogP contribution in [0, 0.1) is 11.8 Å². The Morgan fingerprint density at radius 2 is 1.94 bits per heavy atom. The predicted molar refractivity (Wildman–Crippen MR) is 121 cm³/mol. The van der Waals surface area contributed by atoms with Crippen LogP contribution in [0.2, 0.25) is 5.02 Å². The van der Waals surface area contributed by atoms with E-state index < -0.39 is 0 Å². The van der Waals surface area contributed by atoms with Gasteiger partial charge in [-0.3, -0.25) is 14.6 Å². The third-order valence-electron chi connectivity index (χ3n) is 5.88. The van der Waals surface area contributed by atoms with Crippen molar-refractivity contribution in [3.05, 3.63) is 65.1 Å². The van der Waals surface area contributed by atoms with Gasteiger partial charge >= 0.3 is 0 Å². The molecular weight excluding hydrogens is 412 g/mol. The number of halogens is 1. The van der Waals surface area contributed by atoms with Crippen LogP contribution in [0.15, 0.2) is 48.7 Å². The molecule has 1 fully saturated rings. The molecule has 3 aromatic rings. The van der Waals surface area contributed by atoms with E-state index in [-0.39, 0.29) is 30.0 Å². The van der Waals surface area contributed by atoms with E-state index in [1.165, 1.54) is 0 Å². The van der Waals surface area contributed by atoms with Crippen molar-refractivity contribution in [1.82, 2.24) is 30.8 Å². The molecule has 1 saturated heterocycles. The summed E-state index contributed by atoms with van der Waals surface area (Å²) in [6, 6.07) is 13.6. The topological polar surface area (TPSA) is 83.4 Å². The first-order chi connectivity index (χ1) is 14.9. The molecule has 0 aliphatic carbocycles. The molecule has 1 aliphatic heterocycles. The molecule has 0 bridgehead atoms. The van der Waals surface area contributed by atoms with Crippen LogP contribution in [-0.2, 0) is 4.79 Å². The average Bonchev–Trinajstić information content (AvgIpc) is 3.32. The molecule has 1 amide bonds. The van der Waals surface area contributed by atoms with Gasteiger partial charge < -0.3 is 5.32 Å². The minimum atomic E-state index is -0.198. The number of pyridine rings is 1. The Labute approximate surface area is 187 Å².